The van der Waals surface area contributed by atoms with Crippen LogP contribution in [0.15, 0.2) is 35.6 Å². The third-order valence-electron chi connectivity index (χ3n) is 4.39. The van der Waals surface area contributed by atoms with Crippen LogP contribution in [-0.2, 0) is 16.1 Å². The predicted octanol–water partition coefficient (Wildman–Crippen LogP) is 3.62. The third-order valence-corrected chi connectivity index (χ3v) is 5.51. The van der Waals surface area contributed by atoms with Gasteiger partial charge in [0.25, 0.3) is 5.91 Å². The van der Waals surface area contributed by atoms with Crippen molar-refractivity contribution in [2.45, 2.75) is 37.7 Å². The van der Waals surface area contributed by atoms with Crippen molar-refractivity contribution in [3.8, 4) is 5.75 Å². The Morgan fingerprint density at radius 2 is 2.00 bits per heavy atom. The highest BCUT2D eigenvalue weighted by Gasteiger charge is 2.14. The van der Waals surface area contributed by atoms with Gasteiger partial charge in [0.15, 0.2) is 17.4 Å². The van der Waals surface area contributed by atoms with Crippen molar-refractivity contribution in [3.63, 3.8) is 0 Å². The van der Waals surface area contributed by atoms with Crippen LogP contribution >= 0.6 is 23.4 Å². The lowest BCUT2D eigenvalue weighted by molar-refractivity contribution is -0.123. The van der Waals surface area contributed by atoms with Crippen molar-refractivity contribution in [1.29, 1.82) is 0 Å². The number of fused-ring (bicyclic) bond motifs is 1. The Hall–Kier alpha value is -2.56. The van der Waals surface area contributed by atoms with Crippen molar-refractivity contribution in [2.24, 2.45) is 0 Å². The first kappa shape index (κ1) is 25.1. The van der Waals surface area contributed by atoms with E-state index in [0.29, 0.717) is 54.0 Å². The summed E-state index contributed by atoms with van der Waals surface area (Å²) >= 11 is 7.44. The maximum absolute atomic E-state index is 12.1. The fourth-order valence-corrected chi connectivity index (χ4v) is 3.75. The summed E-state index contributed by atoms with van der Waals surface area (Å²) in [5.41, 5.74) is 0.721. The van der Waals surface area contributed by atoms with Gasteiger partial charge >= 0.3 is 0 Å². The molecule has 0 aliphatic carbocycles. The van der Waals surface area contributed by atoms with E-state index in [1.807, 2.05) is 6.92 Å². The second-order valence-electron chi connectivity index (χ2n) is 7.34. The minimum Gasteiger partial charge on any atom is -0.484 e. The van der Waals surface area contributed by atoms with E-state index in [9.17, 15) is 4.79 Å². The highest BCUT2D eigenvalue weighted by atomic mass is 35.5. The number of ether oxygens (including phenoxy) is 2. The Morgan fingerprint density at radius 1 is 1.21 bits per heavy atom. The van der Waals surface area contributed by atoms with E-state index in [-0.39, 0.29) is 12.5 Å². The van der Waals surface area contributed by atoms with Crippen LogP contribution in [0.2, 0.25) is 5.02 Å². The van der Waals surface area contributed by atoms with Gasteiger partial charge in [0.05, 0.1) is 24.7 Å². The average molecular weight is 493 g/mol. The molecule has 0 fully saturated rings. The molecular formula is C22H29ClN6O3S. The molecule has 0 unspecified atom stereocenters. The van der Waals surface area contributed by atoms with E-state index in [4.69, 9.17) is 26.1 Å². The highest BCUT2D eigenvalue weighted by molar-refractivity contribution is 7.99. The molecule has 0 aliphatic rings. The predicted molar refractivity (Wildman–Crippen MR) is 131 cm³/mol. The molecule has 0 radical (unpaired) electrons. The first-order valence-electron chi connectivity index (χ1n) is 10.8. The maximum atomic E-state index is 12.1. The van der Waals surface area contributed by atoms with Crippen molar-refractivity contribution in [1.82, 2.24) is 25.1 Å². The van der Waals surface area contributed by atoms with E-state index in [1.54, 1.807) is 46.9 Å². The molecule has 0 bridgehead atoms. The smallest absolute Gasteiger partial charge is 0.258 e. The van der Waals surface area contributed by atoms with E-state index in [1.165, 1.54) is 0 Å². The maximum Gasteiger partial charge on any atom is 0.258 e. The van der Waals surface area contributed by atoms with Gasteiger partial charge in [0, 0.05) is 30.0 Å². The van der Waals surface area contributed by atoms with E-state index in [2.05, 4.69) is 34.6 Å². The lowest BCUT2D eigenvalue weighted by Gasteiger charge is -2.11. The molecule has 2 aromatic heterocycles. The number of nitrogens with one attached hydrogen (secondary N) is 2. The Morgan fingerprint density at radius 3 is 2.73 bits per heavy atom. The Labute approximate surface area is 202 Å². The standard InChI is InChI=1S/C22H29ClN6O3S/c1-4-31-12-10-25-20-18-13-26-29(21(18)28-22(27-20)33-15(2)3)11-9-24-19(30)14-32-17-7-5-16(23)6-8-17/h5-8,13,15H,4,9-12,14H2,1-3H3,(H,24,30)(H,25,27,28). The molecule has 33 heavy (non-hydrogen) atoms. The molecule has 0 aliphatic heterocycles. The number of aromatic nitrogens is 4. The topological polar surface area (TPSA) is 103 Å². The molecule has 3 aromatic rings. The second-order valence-corrected chi connectivity index (χ2v) is 9.32. The Kier molecular flexibility index (Phi) is 9.59. The minimum absolute atomic E-state index is 0.0767. The average Bonchev–Trinajstić information content (AvgIpc) is 3.19. The van der Waals surface area contributed by atoms with Gasteiger partial charge in [-0.15, -0.1) is 0 Å². The summed E-state index contributed by atoms with van der Waals surface area (Å²) in [7, 11) is 0. The molecule has 1 amide bonds. The largest absolute Gasteiger partial charge is 0.484 e. The zero-order valence-electron chi connectivity index (χ0n) is 19.0. The monoisotopic (exact) mass is 492 g/mol. The number of carbonyl (C=O) groups is 1. The number of halogens is 1. The van der Waals surface area contributed by atoms with Crippen LogP contribution in [-0.4, -0.2) is 63.8 Å². The zero-order chi connectivity index (χ0) is 23.6. The summed E-state index contributed by atoms with van der Waals surface area (Å²) in [5.74, 6) is 1.10. The van der Waals surface area contributed by atoms with Crippen LogP contribution in [0.3, 0.4) is 0 Å². The molecule has 0 atom stereocenters. The molecule has 1 aromatic carbocycles. The number of hydrogen-bond donors (Lipinski definition) is 2. The first-order valence-corrected chi connectivity index (χ1v) is 12.1. The molecule has 0 saturated heterocycles. The van der Waals surface area contributed by atoms with Crippen molar-refractivity contribution in [3.05, 3.63) is 35.5 Å². The van der Waals surface area contributed by atoms with Gasteiger partial charge in [-0.05, 0) is 31.2 Å². The molecule has 178 valence electrons. The molecule has 11 heteroatoms. The number of rotatable bonds is 13. The highest BCUT2D eigenvalue weighted by Crippen LogP contribution is 2.26. The molecule has 3 rings (SSSR count). The van der Waals surface area contributed by atoms with Crippen LogP contribution in [0.1, 0.15) is 20.8 Å². The molecule has 0 spiro atoms. The van der Waals surface area contributed by atoms with Crippen molar-refractivity contribution < 1.29 is 14.3 Å². The van der Waals surface area contributed by atoms with Crippen molar-refractivity contribution >= 4 is 46.1 Å². The minimum atomic E-state index is -0.217. The number of anilines is 1. The lowest BCUT2D eigenvalue weighted by Crippen LogP contribution is -2.31. The van der Waals surface area contributed by atoms with E-state index >= 15 is 0 Å². The molecule has 2 heterocycles. The van der Waals surface area contributed by atoms with Crippen LogP contribution in [0, 0.1) is 0 Å². The van der Waals surface area contributed by atoms with E-state index < -0.39 is 0 Å². The van der Waals surface area contributed by atoms with Crippen LogP contribution in [0.25, 0.3) is 11.0 Å². The van der Waals surface area contributed by atoms with Gasteiger partial charge in [-0.25, -0.2) is 14.6 Å². The lowest BCUT2D eigenvalue weighted by atomic mass is 10.3. The second kappa shape index (κ2) is 12.6. The van der Waals surface area contributed by atoms with Gasteiger partial charge in [-0.2, -0.15) is 5.10 Å². The van der Waals surface area contributed by atoms with Crippen LogP contribution in [0.4, 0.5) is 5.82 Å². The molecular weight excluding hydrogens is 464 g/mol. The summed E-state index contributed by atoms with van der Waals surface area (Å²) in [5, 5.41) is 13.1. The summed E-state index contributed by atoms with van der Waals surface area (Å²) < 4.78 is 12.7. The first-order chi connectivity index (χ1) is 16.0. The number of carbonyl (C=O) groups excluding carboxylic acids is 1. The number of amides is 1. The number of hydrogen-bond acceptors (Lipinski definition) is 8. The molecule has 9 nitrogen and oxygen atoms in total. The summed E-state index contributed by atoms with van der Waals surface area (Å²) in [6.45, 7) is 8.84. The Bertz CT molecular complexity index is 1040. The number of benzene rings is 1. The van der Waals surface area contributed by atoms with Crippen LogP contribution in [0.5, 0.6) is 5.75 Å². The van der Waals surface area contributed by atoms with Crippen LogP contribution < -0.4 is 15.4 Å². The van der Waals surface area contributed by atoms with Gasteiger partial charge in [-0.3, -0.25) is 4.79 Å². The SMILES string of the molecule is CCOCCNc1nc(SC(C)C)nc2c1cnn2CCNC(=O)COc1ccc(Cl)cc1. The van der Waals surface area contributed by atoms with Crippen molar-refractivity contribution in [2.75, 3.05) is 38.2 Å². The quantitative estimate of drug-likeness (QED) is 0.212. The summed E-state index contributed by atoms with van der Waals surface area (Å²) in [6, 6.07) is 6.87. The zero-order valence-corrected chi connectivity index (χ0v) is 20.6. The van der Waals surface area contributed by atoms with Gasteiger partial charge in [-0.1, -0.05) is 37.2 Å². The molecule has 0 saturated carbocycles. The normalized spacial score (nSPS) is 11.2. The number of thioether (sulfide) groups is 1. The Balaban J connectivity index is 1.60. The fraction of sp³-hybridized carbons (Fsp3) is 0.455. The molecule has 2 N–H and O–H groups in total. The number of nitrogens with zero attached hydrogens (tertiary/aromatic N) is 4. The van der Waals surface area contributed by atoms with Gasteiger partial charge < -0.3 is 20.1 Å². The fourth-order valence-electron chi connectivity index (χ4n) is 2.92. The third kappa shape index (κ3) is 7.76. The summed E-state index contributed by atoms with van der Waals surface area (Å²) in [6.07, 6.45) is 1.74. The van der Waals surface area contributed by atoms with E-state index in [0.717, 1.165) is 16.9 Å². The van der Waals surface area contributed by atoms with Gasteiger partial charge in [0.2, 0.25) is 0 Å². The summed E-state index contributed by atoms with van der Waals surface area (Å²) in [4.78, 5) is 21.5. The van der Waals surface area contributed by atoms with Gasteiger partial charge in [0.1, 0.15) is 11.6 Å².